The molecular formula is C33H46BrN7O9. The normalized spacial score (nSPS) is 18.1. The molecule has 2 aliphatic heterocycles. The summed E-state index contributed by atoms with van der Waals surface area (Å²) in [6.45, 7) is 7.86. The van der Waals surface area contributed by atoms with Crippen molar-refractivity contribution in [2.24, 2.45) is 14.1 Å². The second kappa shape index (κ2) is 18.7. The lowest BCUT2D eigenvalue weighted by atomic mass is 9.99. The third kappa shape index (κ3) is 10.6. The number of carboxylic acid groups (broad SMARTS) is 2. The number of benzene rings is 1. The molecule has 3 aromatic rings. The Morgan fingerprint density at radius 2 is 1.28 bits per heavy atom. The highest BCUT2D eigenvalue weighted by Gasteiger charge is 2.40. The molecule has 0 saturated carbocycles. The molecule has 2 aliphatic rings. The van der Waals surface area contributed by atoms with Gasteiger partial charge in [-0.3, -0.25) is 14.0 Å². The van der Waals surface area contributed by atoms with Crippen molar-refractivity contribution in [3.8, 4) is 0 Å². The molecule has 5 rings (SSSR count). The molecule has 2 aromatic heterocycles. The standard InChI is InChI=1S/C23H32N4O3.C8H12BrN3O2.C2H2O4/c1-16-7-4-5-8-18(16)15-30-21-13-19-9-10-20(14-21)26(19)11-6-12-27-22(28)24-17(2)25(3)23(27)29;1-6-10-7(13)12(5-3-4-9)8(14)11(6)2;3-1(4)2(5)6/h4-5,7-8,19-21H,6,9-15H2,1-3H3;3-5H2,1-2H3;(H,3,4)(H,5,6). The van der Waals surface area contributed by atoms with E-state index in [4.69, 9.17) is 24.5 Å². The van der Waals surface area contributed by atoms with E-state index in [0.29, 0.717) is 49.5 Å². The predicted molar refractivity (Wildman–Crippen MR) is 188 cm³/mol. The third-order valence-electron chi connectivity index (χ3n) is 9.06. The van der Waals surface area contributed by atoms with Gasteiger partial charge in [0.25, 0.3) is 0 Å². The van der Waals surface area contributed by atoms with Gasteiger partial charge in [-0.05, 0) is 70.4 Å². The van der Waals surface area contributed by atoms with E-state index in [9.17, 15) is 19.2 Å². The lowest BCUT2D eigenvalue weighted by Gasteiger charge is -2.39. The molecular weight excluding hydrogens is 718 g/mol. The number of hydrogen-bond acceptors (Lipinski definition) is 10. The van der Waals surface area contributed by atoms with Gasteiger partial charge in [-0.15, -0.1) is 0 Å². The van der Waals surface area contributed by atoms with Crippen LogP contribution >= 0.6 is 15.9 Å². The maximum absolute atomic E-state index is 12.3. The minimum absolute atomic E-state index is 0.279. The summed E-state index contributed by atoms with van der Waals surface area (Å²) < 4.78 is 11.5. The largest absolute Gasteiger partial charge is 0.473 e. The summed E-state index contributed by atoms with van der Waals surface area (Å²) in [6.07, 6.45) is 6.38. The summed E-state index contributed by atoms with van der Waals surface area (Å²) in [5, 5.41) is 15.5. The Kier molecular flexibility index (Phi) is 15.0. The zero-order valence-corrected chi connectivity index (χ0v) is 30.7. The Morgan fingerprint density at radius 3 is 1.74 bits per heavy atom. The van der Waals surface area contributed by atoms with Gasteiger partial charge >= 0.3 is 34.7 Å². The van der Waals surface area contributed by atoms with Crippen LogP contribution in [0.1, 0.15) is 61.3 Å². The Labute approximate surface area is 297 Å². The lowest BCUT2D eigenvalue weighted by Crippen LogP contribution is -2.46. The summed E-state index contributed by atoms with van der Waals surface area (Å²) in [7, 11) is 3.26. The van der Waals surface area contributed by atoms with E-state index >= 15 is 0 Å². The minimum Gasteiger partial charge on any atom is -0.473 e. The first-order valence-corrected chi connectivity index (χ1v) is 17.5. The van der Waals surface area contributed by atoms with Crippen LogP contribution in [0, 0.1) is 20.8 Å². The lowest BCUT2D eigenvalue weighted by molar-refractivity contribution is -0.159. The molecule has 0 radical (unpaired) electrons. The molecule has 0 amide bonds. The molecule has 1 aromatic carbocycles. The zero-order chi connectivity index (χ0) is 37.1. The van der Waals surface area contributed by atoms with Gasteiger partial charge in [0.1, 0.15) is 11.6 Å². The third-order valence-corrected chi connectivity index (χ3v) is 9.62. The SMILES string of the molecule is Cc1ccccc1COC1CC2CCC(C1)N2CCCn1c(=O)nc(C)n(C)c1=O.Cc1nc(=O)n(CCCBr)c(=O)n1C.O=C(O)C(=O)O. The first-order chi connectivity index (χ1) is 23.7. The first kappa shape index (κ1) is 40.2. The monoisotopic (exact) mass is 763 g/mol. The fourth-order valence-electron chi connectivity index (χ4n) is 6.07. The van der Waals surface area contributed by atoms with Crippen molar-refractivity contribution in [3.05, 3.63) is 89.0 Å². The van der Waals surface area contributed by atoms with Gasteiger partial charge in [-0.25, -0.2) is 37.9 Å². The number of aromatic nitrogens is 6. The number of piperidine rings is 1. The second-order valence-corrected chi connectivity index (χ2v) is 13.1. The number of nitrogens with zero attached hydrogens (tertiary/aromatic N) is 7. The Morgan fingerprint density at radius 1 is 0.800 bits per heavy atom. The van der Waals surface area contributed by atoms with Crippen molar-refractivity contribution >= 4 is 27.9 Å². The van der Waals surface area contributed by atoms with Crippen LogP contribution in [0.15, 0.2) is 43.4 Å². The van der Waals surface area contributed by atoms with E-state index in [1.165, 1.54) is 37.7 Å². The summed E-state index contributed by atoms with van der Waals surface area (Å²) in [6, 6.07) is 9.50. The molecule has 274 valence electrons. The summed E-state index contributed by atoms with van der Waals surface area (Å²) in [5.74, 6) is -2.76. The number of halogens is 1. The predicted octanol–water partition coefficient (Wildman–Crippen LogP) is 1.35. The number of hydrogen-bond donors (Lipinski definition) is 2. The van der Waals surface area contributed by atoms with Crippen LogP contribution < -0.4 is 22.8 Å². The van der Waals surface area contributed by atoms with Crippen LogP contribution in [-0.2, 0) is 48.1 Å². The van der Waals surface area contributed by atoms with Crippen LogP contribution in [0.25, 0.3) is 0 Å². The minimum atomic E-state index is -1.82. The fourth-order valence-corrected chi connectivity index (χ4v) is 6.32. The van der Waals surface area contributed by atoms with Crippen LogP contribution in [0.3, 0.4) is 0 Å². The molecule has 2 bridgehead atoms. The molecule has 17 heteroatoms. The number of ether oxygens (including phenoxy) is 1. The van der Waals surface area contributed by atoms with Gasteiger partial charge in [-0.2, -0.15) is 9.97 Å². The number of fused-ring (bicyclic) bond motifs is 2. The Bertz CT molecular complexity index is 1860. The van der Waals surface area contributed by atoms with E-state index in [1.54, 1.807) is 27.9 Å². The average molecular weight is 765 g/mol. The van der Waals surface area contributed by atoms with Crippen molar-refractivity contribution in [2.45, 2.75) is 97.2 Å². The molecule has 50 heavy (non-hydrogen) atoms. The smallest absolute Gasteiger partial charge is 0.414 e. The van der Waals surface area contributed by atoms with Crippen LogP contribution in [-0.4, -0.2) is 85.4 Å². The van der Waals surface area contributed by atoms with Gasteiger partial charge in [0.15, 0.2) is 0 Å². The quantitative estimate of drug-likeness (QED) is 0.222. The van der Waals surface area contributed by atoms with Gasteiger partial charge in [0, 0.05) is 51.1 Å². The number of alkyl halides is 1. The number of aliphatic carboxylic acids is 2. The molecule has 16 nitrogen and oxygen atoms in total. The fraction of sp³-hybridized carbons (Fsp3) is 0.576. The summed E-state index contributed by atoms with van der Waals surface area (Å²) >= 11 is 3.24. The van der Waals surface area contributed by atoms with Gasteiger partial charge in [0.05, 0.1) is 12.7 Å². The van der Waals surface area contributed by atoms with Gasteiger partial charge in [0.2, 0.25) is 0 Å². The van der Waals surface area contributed by atoms with Crippen LogP contribution in [0.2, 0.25) is 0 Å². The van der Waals surface area contributed by atoms with E-state index in [2.05, 4.69) is 62.0 Å². The highest BCUT2D eigenvalue weighted by atomic mass is 79.9. The van der Waals surface area contributed by atoms with E-state index in [0.717, 1.165) is 42.1 Å². The Hall–Kier alpha value is -4.22. The highest BCUT2D eigenvalue weighted by Crippen LogP contribution is 2.37. The van der Waals surface area contributed by atoms with E-state index in [-0.39, 0.29) is 11.4 Å². The van der Waals surface area contributed by atoms with Crippen molar-refractivity contribution in [1.29, 1.82) is 0 Å². The highest BCUT2D eigenvalue weighted by molar-refractivity contribution is 9.09. The number of rotatable bonds is 10. The van der Waals surface area contributed by atoms with E-state index in [1.807, 2.05) is 0 Å². The Balaban J connectivity index is 0.000000280. The van der Waals surface area contributed by atoms with Crippen LogP contribution in [0.4, 0.5) is 0 Å². The number of carboxylic acids is 2. The van der Waals surface area contributed by atoms with Gasteiger partial charge in [-0.1, -0.05) is 40.2 Å². The molecule has 2 atom stereocenters. The summed E-state index contributed by atoms with van der Waals surface area (Å²) in [4.78, 5) is 75.8. The molecule has 0 spiro atoms. The number of carbonyl (C=O) groups is 2. The average Bonchev–Trinajstić information content (AvgIpc) is 3.30. The van der Waals surface area contributed by atoms with Gasteiger partial charge < -0.3 is 14.9 Å². The van der Waals surface area contributed by atoms with Crippen molar-refractivity contribution in [2.75, 3.05) is 11.9 Å². The molecule has 4 heterocycles. The van der Waals surface area contributed by atoms with E-state index < -0.39 is 23.3 Å². The molecule has 2 fully saturated rings. The topological polar surface area (TPSA) is 201 Å². The second-order valence-electron chi connectivity index (χ2n) is 12.3. The zero-order valence-electron chi connectivity index (χ0n) is 29.1. The summed E-state index contributed by atoms with van der Waals surface area (Å²) in [5.41, 5.74) is 1.06. The first-order valence-electron chi connectivity index (χ1n) is 16.4. The molecule has 2 saturated heterocycles. The maximum Gasteiger partial charge on any atom is 0.414 e. The van der Waals surface area contributed by atoms with Crippen molar-refractivity contribution in [1.82, 2.24) is 33.1 Å². The van der Waals surface area contributed by atoms with Crippen molar-refractivity contribution in [3.63, 3.8) is 0 Å². The molecule has 2 N–H and O–H groups in total. The molecule has 2 unspecified atom stereocenters. The molecule has 0 aliphatic carbocycles. The number of aryl methyl sites for hydroxylation is 3. The van der Waals surface area contributed by atoms with Crippen LogP contribution in [0.5, 0.6) is 0 Å². The maximum atomic E-state index is 12.3. The van der Waals surface area contributed by atoms with Crippen molar-refractivity contribution < 1.29 is 24.5 Å².